The lowest BCUT2D eigenvalue weighted by atomic mass is 9.75. The molecule has 6 rings (SSSR count). The molecule has 0 aliphatic carbocycles. The third-order valence-electron chi connectivity index (χ3n) is 9.73. The first kappa shape index (κ1) is 31.7. The summed E-state index contributed by atoms with van der Waals surface area (Å²) in [5, 5.41) is 9.36. The first-order valence-corrected chi connectivity index (χ1v) is 16.4. The number of likely N-dealkylation sites (tertiary alicyclic amines) is 1. The van der Waals surface area contributed by atoms with Gasteiger partial charge in [-0.05, 0) is 62.6 Å². The number of hydrogen-bond acceptors (Lipinski definition) is 7. The molecule has 4 heterocycles. The molecule has 46 heavy (non-hydrogen) atoms. The van der Waals surface area contributed by atoms with Gasteiger partial charge >= 0.3 is 5.76 Å². The monoisotopic (exact) mass is 629 g/mol. The number of fused-ring (bicyclic) bond motifs is 2. The number of hydrogen-bond donors (Lipinski definition) is 3. The van der Waals surface area contributed by atoms with Gasteiger partial charge in [0.05, 0.1) is 17.5 Å². The molecule has 2 fully saturated rings. The van der Waals surface area contributed by atoms with Gasteiger partial charge in [-0.1, -0.05) is 42.5 Å². The number of piperidine rings is 1. The fourth-order valence-corrected chi connectivity index (χ4v) is 7.05. The predicted molar refractivity (Wildman–Crippen MR) is 174 cm³/mol. The summed E-state index contributed by atoms with van der Waals surface area (Å²) >= 11 is 0. The van der Waals surface area contributed by atoms with Gasteiger partial charge < -0.3 is 25.1 Å². The van der Waals surface area contributed by atoms with E-state index in [9.17, 15) is 19.2 Å². The van der Waals surface area contributed by atoms with Crippen molar-refractivity contribution in [2.45, 2.75) is 64.1 Å². The van der Waals surface area contributed by atoms with Crippen LogP contribution in [-0.4, -0.2) is 72.1 Å². The summed E-state index contributed by atoms with van der Waals surface area (Å²) in [6.07, 6.45) is 7.89. The Morgan fingerprint density at radius 1 is 1.04 bits per heavy atom. The van der Waals surface area contributed by atoms with Crippen LogP contribution in [0.5, 0.6) is 0 Å². The van der Waals surface area contributed by atoms with Crippen LogP contribution in [0.2, 0.25) is 0 Å². The van der Waals surface area contributed by atoms with Gasteiger partial charge in [-0.3, -0.25) is 23.9 Å². The van der Waals surface area contributed by atoms with Crippen LogP contribution in [0, 0.1) is 11.3 Å². The second-order valence-electron chi connectivity index (χ2n) is 12.8. The molecule has 3 aromatic rings. The zero-order valence-corrected chi connectivity index (χ0v) is 26.3. The van der Waals surface area contributed by atoms with Crippen LogP contribution in [0.4, 0.5) is 5.69 Å². The van der Waals surface area contributed by atoms with Gasteiger partial charge in [-0.25, -0.2) is 4.79 Å². The molecular weight excluding hydrogens is 586 g/mol. The largest absolute Gasteiger partial charge is 0.419 e. The molecule has 11 heteroatoms. The maximum atomic E-state index is 13.8. The molecule has 0 unspecified atom stereocenters. The van der Waals surface area contributed by atoms with Gasteiger partial charge in [0.1, 0.15) is 6.04 Å². The molecule has 3 N–H and O–H groups in total. The predicted octanol–water partition coefficient (Wildman–Crippen LogP) is 3.23. The van der Waals surface area contributed by atoms with Crippen LogP contribution in [0.1, 0.15) is 44.6 Å². The van der Waals surface area contributed by atoms with Gasteiger partial charge in [-0.15, -0.1) is 0 Å². The van der Waals surface area contributed by atoms with E-state index in [0.29, 0.717) is 81.7 Å². The topological polar surface area (TPSA) is 135 Å². The van der Waals surface area contributed by atoms with E-state index in [1.807, 2.05) is 37.3 Å². The van der Waals surface area contributed by atoms with E-state index in [0.717, 1.165) is 12.0 Å². The number of rotatable bonds is 6. The molecule has 2 saturated heterocycles. The summed E-state index contributed by atoms with van der Waals surface area (Å²) in [5.41, 5.74) is 2.07. The Labute approximate surface area is 268 Å². The molecule has 11 nitrogen and oxygen atoms in total. The van der Waals surface area contributed by atoms with Gasteiger partial charge in [0.15, 0.2) is 5.58 Å². The minimum absolute atomic E-state index is 0.0845. The van der Waals surface area contributed by atoms with Crippen LogP contribution in [0.3, 0.4) is 0 Å². The molecule has 3 aliphatic rings. The molecule has 1 aromatic heterocycles. The van der Waals surface area contributed by atoms with E-state index in [-0.39, 0.29) is 36.2 Å². The highest BCUT2D eigenvalue weighted by Crippen LogP contribution is 2.36. The Hall–Kier alpha value is -4.22. The molecule has 0 radical (unpaired) electrons. The van der Waals surface area contributed by atoms with Gasteiger partial charge in [0.2, 0.25) is 17.7 Å². The second kappa shape index (κ2) is 14.0. The number of allylic oxidation sites excluding steroid dienone is 2. The second-order valence-corrected chi connectivity index (χ2v) is 12.8. The van der Waals surface area contributed by atoms with Crippen molar-refractivity contribution >= 4 is 34.5 Å². The van der Waals surface area contributed by atoms with Crippen molar-refractivity contribution < 1.29 is 23.5 Å². The van der Waals surface area contributed by atoms with Crippen LogP contribution in [0.25, 0.3) is 11.1 Å². The number of carbonyl (C=O) groups excluding carboxylic acids is 3. The van der Waals surface area contributed by atoms with Gasteiger partial charge in [-0.2, -0.15) is 0 Å². The number of nitrogens with one attached hydrogen (secondary N) is 3. The Kier molecular flexibility index (Phi) is 9.70. The van der Waals surface area contributed by atoms with E-state index in [1.54, 1.807) is 22.8 Å². The van der Waals surface area contributed by atoms with E-state index in [4.69, 9.17) is 9.15 Å². The Balaban J connectivity index is 1.15. The molecule has 2 aromatic carbocycles. The van der Waals surface area contributed by atoms with Crippen molar-refractivity contribution in [1.82, 2.24) is 20.1 Å². The van der Waals surface area contributed by atoms with Gasteiger partial charge in [0, 0.05) is 57.1 Å². The van der Waals surface area contributed by atoms with E-state index >= 15 is 0 Å². The third kappa shape index (κ3) is 7.10. The van der Waals surface area contributed by atoms with Crippen LogP contribution in [-0.2, 0) is 32.1 Å². The standard InChI is InChI=1S/C35H43N5O6/c1-2-40-29-12-11-26(21-30(29)46-34(40)44)36-31(41)23-39-17-13-27-25(22-39)10-6-7-14-35(15-18-45-19-16-35)33(43)38-28(32(42)37-27)20-24-8-4-3-5-9-24/h3-9,11-12,21,25,27-28H,2,10,13-20,22-23H2,1H3,(H,36,41)(H,37,42)(H,38,43)/b7-6+/t25-,27+,28-/m1/s1. The fraction of sp³-hybridized carbons (Fsp3) is 0.486. The number of benzene rings is 2. The normalized spacial score (nSPS) is 24.7. The third-order valence-corrected chi connectivity index (χ3v) is 9.73. The van der Waals surface area contributed by atoms with E-state index < -0.39 is 17.2 Å². The zero-order chi connectivity index (χ0) is 32.1. The number of nitrogens with zero attached hydrogens (tertiary/aromatic N) is 2. The molecule has 0 saturated carbocycles. The molecule has 3 aliphatic heterocycles. The van der Waals surface area contributed by atoms with Crippen molar-refractivity contribution in [2.24, 2.45) is 11.3 Å². The number of oxazole rings is 1. The Morgan fingerprint density at radius 3 is 2.63 bits per heavy atom. The molecule has 3 amide bonds. The molecule has 244 valence electrons. The minimum atomic E-state index is -0.696. The first-order chi connectivity index (χ1) is 22.3. The summed E-state index contributed by atoms with van der Waals surface area (Å²) < 4.78 is 12.5. The van der Waals surface area contributed by atoms with Gasteiger partial charge in [0.25, 0.3) is 0 Å². The number of amides is 3. The Bertz CT molecular complexity index is 1640. The summed E-state index contributed by atoms with van der Waals surface area (Å²) in [6, 6.07) is 14.2. The SMILES string of the molecule is CCn1c(=O)oc2cc(NC(=O)CN3CC[C@@H]4NC(=O)[C@@H](Cc5ccccc5)NC(=O)C5(C/C=C/C[C@@H]4C3)CCOCC5)ccc21. The lowest BCUT2D eigenvalue weighted by Crippen LogP contribution is -2.58. The number of ether oxygens (including phenoxy) is 1. The smallest absolute Gasteiger partial charge is 0.408 e. The summed E-state index contributed by atoms with van der Waals surface area (Å²) in [5.74, 6) is -0.740. The van der Waals surface area contributed by atoms with Crippen LogP contribution < -0.4 is 21.7 Å². The summed E-state index contributed by atoms with van der Waals surface area (Å²) in [6.45, 7) is 4.91. The minimum Gasteiger partial charge on any atom is -0.408 e. The number of aromatic nitrogens is 1. The summed E-state index contributed by atoms with van der Waals surface area (Å²) in [7, 11) is 0. The highest BCUT2D eigenvalue weighted by Gasteiger charge is 2.41. The maximum Gasteiger partial charge on any atom is 0.419 e. The maximum absolute atomic E-state index is 13.8. The molecule has 3 atom stereocenters. The van der Waals surface area contributed by atoms with E-state index in [2.05, 4.69) is 33.0 Å². The summed E-state index contributed by atoms with van der Waals surface area (Å²) in [4.78, 5) is 54.9. The molecule has 1 spiro atoms. The van der Waals surface area contributed by atoms with Crippen LogP contribution in [0.15, 0.2) is 69.9 Å². The Morgan fingerprint density at radius 2 is 1.85 bits per heavy atom. The highest BCUT2D eigenvalue weighted by molar-refractivity contribution is 5.94. The quantitative estimate of drug-likeness (QED) is 0.357. The highest BCUT2D eigenvalue weighted by atomic mass is 16.5. The molecule has 0 bridgehead atoms. The van der Waals surface area contributed by atoms with Crippen molar-refractivity contribution in [3.63, 3.8) is 0 Å². The zero-order valence-electron chi connectivity index (χ0n) is 26.3. The van der Waals surface area contributed by atoms with Crippen molar-refractivity contribution in [1.29, 1.82) is 0 Å². The number of anilines is 1. The molecular formula is C35H43N5O6. The van der Waals surface area contributed by atoms with Crippen molar-refractivity contribution in [2.75, 3.05) is 38.2 Å². The average molecular weight is 630 g/mol. The number of carbonyl (C=O) groups is 3. The van der Waals surface area contributed by atoms with E-state index in [1.165, 1.54) is 0 Å². The number of aryl methyl sites for hydroxylation is 1. The fourth-order valence-electron chi connectivity index (χ4n) is 7.05. The lowest BCUT2D eigenvalue weighted by molar-refractivity contribution is -0.140. The van der Waals surface area contributed by atoms with Crippen molar-refractivity contribution in [3.8, 4) is 0 Å². The lowest BCUT2D eigenvalue weighted by Gasteiger charge is -2.40. The average Bonchev–Trinajstić information content (AvgIpc) is 3.38. The van der Waals surface area contributed by atoms with Crippen molar-refractivity contribution in [3.05, 3.63) is 76.8 Å². The first-order valence-electron chi connectivity index (χ1n) is 16.4. The van der Waals surface area contributed by atoms with Crippen LogP contribution >= 0.6 is 0 Å².